The maximum absolute atomic E-state index is 13.6. The second-order valence-electron chi connectivity index (χ2n) is 9.67. The largest absolute Gasteiger partial charge is 0.475 e. The minimum atomic E-state index is -0.678. The van der Waals surface area contributed by atoms with Gasteiger partial charge in [0.1, 0.15) is 5.75 Å². The number of anilines is 1. The Morgan fingerprint density at radius 2 is 1.86 bits per heavy atom. The first-order valence-corrected chi connectivity index (χ1v) is 11.2. The number of ether oxygens (including phenoxy) is 1. The Kier molecular flexibility index (Phi) is 5.12. The molecule has 3 aliphatic rings. The molecular formula is C24H34N2O3. The van der Waals surface area contributed by atoms with Gasteiger partial charge in [-0.1, -0.05) is 6.92 Å². The summed E-state index contributed by atoms with van der Waals surface area (Å²) < 4.78 is 6.17. The van der Waals surface area contributed by atoms with Gasteiger partial charge in [-0.15, -0.1) is 0 Å². The third kappa shape index (κ3) is 3.32. The predicted octanol–water partition coefficient (Wildman–Crippen LogP) is 4.70. The molecule has 0 aromatic heterocycles. The molecule has 158 valence electrons. The standard InChI is InChI=1S/C24H34N2O3/c1-15(2)26(18-9-7-16(3)8-10-18)22(27)19-14-20-21(13-17(19)4)29-24(11-6-12-24)23(28)25(20)5/h13-16,18H,6-12H2,1-5H3. The molecule has 0 radical (unpaired) electrons. The number of carbonyl (C=O) groups excluding carboxylic acids is 2. The van der Waals surface area contributed by atoms with Crippen LogP contribution in [-0.4, -0.2) is 41.4 Å². The van der Waals surface area contributed by atoms with E-state index in [1.807, 2.05) is 19.1 Å². The quantitative estimate of drug-likeness (QED) is 0.741. The minimum Gasteiger partial charge on any atom is -0.475 e. The summed E-state index contributed by atoms with van der Waals surface area (Å²) in [4.78, 5) is 30.3. The maximum Gasteiger partial charge on any atom is 0.271 e. The Morgan fingerprint density at radius 1 is 1.21 bits per heavy atom. The van der Waals surface area contributed by atoms with E-state index in [-0.39, 0.29) is 17.9 Å². The van der Waals surface area contributed by atoms with Crippen LogP contribution in [0.4, 0.5) is 5.69 Å². The van der Waals surface area contributed by atoms with Crippen molar-refractivity contribution in [3.63, 3.8) is 0 Å². The lowest BCUT2D eigenvalue weighted by molar-refractivity contribution is -0.142. The van der Waals surface area contributed by atoms with Gasteiger partial charge in [-0.25, -0.2) is 0 Å². The van der Waals surface area contributed by atoms with Gasteiger partial charge in [0, 0.05) is 24.7 Å². The summed E-state index contributed by atoms with van der Waals surface area (Å²) in [6.07, 6.45) is 7.06. The number of hydrogen-bond donors (Lipinski definition) is 0. The van der Waals surface area contributed by atoms with Gasteiger partial charge in [0.25, 0.3) is 11.8 Å². The van der Waals surface area contributed by atoms with Crippen LogP contribution in [0, 0.1) is 12.8 Å². The molecular weight excluding hydrogens is 364 g/mol. The van der Waals surface area contributed by atoms with Gasteiger partial charge in [0.05, 0.1) is 5.69 Å². The lowest BCUT2D eigenvalue weighted by atomic mass is 9.77. The molecule has 2 saturated carbocycles. The number of rotatable bonds is 3. The fraction of sp³-hybridized carbons (Fsp3) is 0.667. The van der Waals surface area contributed by atoms with Crippen LogP contribution in [0.15, 0.2) is 12.1 Å². The third-order valence-electron chi connectivity index (χ3n) is 7.23. The van der Waals surface area contributed by atoms with Crippen LogP contribution in [-0.2, 0) is 4.79 Å². The van der Waals surface area contributed by atoms with E-state index in [1.54, 1.807) is 11.9 Å². The summed E-state index contributed by atoms with van der Waals surface area (Å²) in [5.41, 5.74) is 1.63. The van der Waals surface area contributed by atoms with Crippen LogP contribution in [0.25, 0.3) is 0 Å². The van der Waals surface area contributed by atoms with Crippen molar-refractivity contribution in [1.29, 1.82) is 0 Å². The van der Waals surface area contributed by atoms with Crippen molar-refractivity contribution in [2.75, 3.05) is 11.9 Å². The van der Waals surface area contributed by atoms with Crippen LogP contribution in [0.5, 0.6) is 5.75 Å². The van der Waals surface area contributed by atoms with E-state index in [0.29, 0.717) is 17.3 Å². The first-order chi connectivity index (χ1) is 13.7. The van der Waals surface area contributed by atoms with Gasteiger partial charge in [0.2, 0.25) is 0 Å². The van der Waals surface area contributed by atoms with Gasteiger partial charge >= 0.3 is 0 Å². The van der Waals surface area contributed by atoms with E-state index >= 15 is 0 Å². The molecule has 2 aliphatic carbocycles. The number of amides is 2. The molecule has 4 rings (SSSR count). The van der Waals surface area contributed by atoms with E-state index in [2.05, 4.69) is 25.7 Å². The molecule has 1 spiro atoms. The molecule has 1 heterocycles. The molecule has 0 bridgehead atoms. The molecule has 0 unspecified atom stereocenters. The number of carbonyl (C=O) groups is 2. The molecule has 29 heavy (non-hydrogen) atoms. The van der Waals surface area contributed by atoms with Crippen molar-refractivity contribution < 1.29 is 14.3 Å². The molecule has 1 aromatic rings. The number of nitrogens with zero attached hydrogens (tertiary/aromatic N) is 2. The van der Waals surface area contributed by atoms with Crippen molar-refractivity contribution in [2.24, 2.45) is 5.92 Å². The molecule has 5 nitrogen and oxygen atoms in total. The molecule has 0 atom stereocenters. The highest BCUT2D eigenvalue weighted by Gasteiger charge is 2.52. The Morgan fingerprint density at radius 3 is 2.41 bits per heavy atom. The van der Waals surface area contributed by atoms with E-state index in [9.17, 15) is 9.59 Å². The van der Waals surface area contributed by atoms with E-state index in [0.717, 1.165) is 49.3 Å². The summed E-state index contributed by atoms with van der Waals surface area (Å²) in [7, 11) is 1.80. The number of benzene rings is 1. The second-order valence-corrected chi connectivity index (χ2v) is 9.67. The zero-order chi connectivity index (χ0) is 20.9. The number of fused-ring (bicyclic) bond motifs is 1. The lowest BCUT2D eigenvalue weighted by Crippen LogP contribution is -2.59. The molecule has 0 N–H and O–H groups in total. The zero-order valence-electron chi connectivity index (χ0n) is 18.5. The summed E-state index contributed by atoms with van der Waals surface area (Å²) in [6, 6.07) is 4.26. The normalized spacial score (nSPS) is 25.4. The van der Waals surface area contributed by atoms with Crippen LogP contribution in [0.3, 0.4) is 0 Å². The van der Waals surface area contributed by atoms with Crippen LogP contribution in [0.2, 0.25) is 0 Å². The topological polar surface area (TPSA) is 49.9 Å². The van der Waals surface area contributed by atoms with Gasteiger partial charge in [-0.05, 0) is 89.3 Å². The van der Waals surface area contributed by atoms with Crippen molar-refractivity contribution in [2.45, 2.75) is 90.3 Å². The predicted molar refractivity (Wildman–Crippen MR) is 115 cm³/mol. The van der Waals surface area contributed by atoms with Gasteiger partial charge in [-0.2, -0.15) is 0 Å². The molecule has 5 heteroatoms. The summed E-state index contributed by atoms with van der Waals surface area (Å²) in [5.74, 6) is 1.56. The summed E-state index contributed by atoms with van der Waals surface area (Å²) in [6.45, 7) is 8.47. The van der Waals surface area contributed by atoms with Crippen LogP contribution in [0.1, 0.15) is 81.6 Å². The third-order valence-corrected chi connectivity index (χ3v) is 7.23. The van der Waals surface area contributed by atoms with Crippen molar-refractivity contribution >= 4 is 17.5 Å². The first-order valence-electron chi connectivity index (χ1n) is 11.2. The molecule has 2 amide bonds. The van der Waals surface area contributed by atoms with E-state index < -0.39 is 5.60 Å². The number of hydrogen-bond acceptors (Lipinski definition) is 3. The number of aryl methyl sites for hydroxylation is 1. The Bertz CT molecular complexity index is 820. The van der Waals surface area contributed by atoms with Crippen molar-refractivity contribution in [3.05, 3.63) is 23.3 Å². The average molecular weight is 399 g/mol. The monoisotopic (exact) mass is 398 g/mol. The van der Waals surface area contributed by atoms with Gasteiger partial charge in [0.15, 0.2) is 5.60 Å². The molecule has 0 saturated heterocycles. The van der Waals surface area contributed by atoms with E-state index in [4.69, 9.17) is 4.74 Å². The SMILES string of the molecule is Cc1cc2c(cc1C(=O)N(C(C)C)C1CCC(C)CC1)N(C)C(=O)C1(CCC1)O2. The fourth-order valence-corrected chi connectivity index (χ4v) is 5.21. The average Bonchev–Trinajstić information content (AvgIpc) is 2.64. The molecule has 1 aliphatic heterocycles. The molecule has 2 fully saturated rings. The Labute approximate surface area is 174 Å². The zero-order valence-corrected chi connectivity index (χ0v) is 18.5. The van der Waals surface area contributed by atoms with Gasteiger partial charge < -0.3 is 14.5 Å². The molecule has 1 aromatic carbocycles. The van der Waals surface area contributed by atoms with E-state index in [1.165, 1.54) is 12.8 Å². The summed E-state index contributed by atoms with van der Waals surface area (Å²) >= 11 is 0. The summed E-state index contributed by atoms with van der Waals surface area (Å²) in [5, 5.41) is 0. The first kappa shape index (κ1) is 20.2. The highest BCUT2D eigenvalue weighted by molar-refractivity contribution is 6.05. The van der Waals surface area contributed by atoms with Crippen LogP contribution < -0.4 is 9.64 Å². The maximum atomic E-state index is 13.6. The van der Waals surface area contributed by atoms with Crippen molar-refractivity contribution in [3.8, 4) is 5.75 Å². The Hall–Kier alpha value is -2.04. The highest BCUT2D eigenvalue weighted by atomic mass is 16.5. The van der Waals surface area contributed by atoms with Gasteiger partial charge in [-0.3, -0.25) is 9.59 Å². The van der Waals surface area contributed by atoms with Crippen molar-refractivity contribution in [1.82, 2.24) is 4.90 Å². The minimum absolute atomic E-state index is 0.0143. The number of likely N-dealkylation sites (N-methyl/N-ethyl adjacent to an activating group) is 1. The second kappa shape index (κ2) is 7.33. The fourth-order valence-electron chi connectivity index (χ4n) is 5.21. The van der Waals surface area contributed by atoms with Crippen LogP contribution >= 0.6 is 0 Å². The Balaban J connectivity index is 1.66. The smallest absolute Gasteiger partial charge is 0.271 e. The highest BCUT2D eigenvalue weighted by Crippen LogP contribution is 2.46. The lowest BCUT2D eigenvalue weighted by Gasteiger charge is -2.46.